The Bertz CT molecular complexity index is 1120. The lowest BCUT2D eigenvalue weighted by Crippen LogP contribution is -2.38. The Morgan fingerprint density at radius 1 is 0.931 bits per heavy atom. The maximum atomic E-state index is 13.4. The molecule has 0 unspecified atom stereocenters. The second kappa shape index (κ2) is 8.71. The molecule has 3 aromatic rings. The van der Waals surface area contributed by atoms with Gasteiger partial charge in [-0.3, -0.25) is 9.10 Å². The van der Waals surface area contributed by atoms with Gasteiger partial charge in [-0.25, -0.2) is 17.2 Å². The first-order chi connectivity index (χ1) is 13.8. The smallest absolute Gasteiger partial charge is 0.264 e. The Hall–Kier alpha value is -2.78. The van der Waals surface area contributed by atoms with E-state index in [0.29, 0.717) is 0 Å². The van der Waals surface area contributed by atoms with E-state index in [0.717, 1.165) is 20.9 Å². The van der Waals surface area contributed by atoms with Crippen LogP contribution < -0.4 is 9.62 Å². The molecule has 0 atom stereocenters. The van der Waals surface area contributed by atoms with Crippen molar-refractivity contribution in [2.75, 3.05) is 16.2 Å². The molecule has 0 aliphatic heterocycles. The second-order valence-electron chi connectivity index (χ2n) is 5.98. The van der Waals surface area contributed by atoms with Gasteiger partial charge in [0.2, 0.25) is 5.91 Å². The topological polar surface area (TPSA) is 66.5 Å². The molecule has 0 radical (unpaired) electrons. The highest BCUT2D eigenvalue weighted by atomic mass is 79.9. The highest BCUT2D eigenvalue weighted by Gasteiger charge is 2.27. The van der Waals surface area contributed by atoms with E-state index < -0.39 is 34.1 Å². The summed E-state index contributed by atoms with van der Waals surface area (Å²) in [6.07, 6.45) is 0. The summed E-state index contributed by atoms with van der Waals surface area (Å²) in [5, 5.41) is 2.38. The zero-order chi connectivity index (χ0) is 21.0. The summed E-state index contributed by atoms with van der Waals surface area (Å²) in [6, 6.07) is 17.0. The number of hydrogen-bond acceptors (Lipinski definition) is 3. The van der Waals surface area contributed by atoms with Crippen LogP contribution in [0, 0.1) is 11.6 Å². The maximum Gasteiger partial charge on any atom is 0.264 e. The lowest BCUT2D eigenvalue weighted by atomic mass is 10.3. The average Bonchev–Trinajstić information content (AvgIpc) is 2.70. The number of carbonyl (C=O) groups excluding carboxylic acids is 1. The first-order valence-electron chi connectivity index (χ1n) is 8.35. The molecular weight excluding hydrogens is 466 g/mol. The van der Waals surface area contributed by atoms with Crippen molar-refractivity contribution in [3.63, 3.8) is 0 Å². The Balaban J connectivity index is 1.92. The molecule has 29 heavy (non-hydrogen) atoms. The molecule has 0 saturated heterocycles. The van der Waals surface area contributed by atoms with Gasteiger partial charge in [-0.15, -0.1) is 0 Å². The zero-order valence-electron chi connectivity index (χ0n) is 14.8. The standard InChI is InChI=1S/C20H15BrF2N2O3S/c21-14-6-9-16(10-7-14)25(29(27,28)17-4-2-1-3-5-17)13-20(26)24-15-8-11-18(22)19(23)12-15/h1-12H,13H2,(H,24,26). The zero-order valence-corrected chi connectivity index (χ0v) is 17.3. The van der Waals surface area contributed by atoms with Crippen LogP contribution in [0.5, 0.6) is 0 Å². The number of anilines is 2. The van der Waals surface area contributed by atoms with Crippen molar-refractivity contribution in [1.82, 2.24) is 0 Å². The third-order valence-corrected chi connectivity index (χ3v) is 6.25. The fourth-order valence-corrected chi connectivity index (χ4v) is 4.25. The van der Waals surface area contributed by atoms with Crippen LogP contribution in [-0.4, -0.2) is 20.9 Å². The van der Waals surface area contributed by atoms with Crippen LogP contribution in [0.4, 0.5) is 20.2 Å². The summed E-state index contributed by atoms with van der Waals surface area (Å²) in [7, 11) is -4.05. The number of nitrogens with one attached hydrogen (secondary N) is 1. The number of sulfonamides is 1. The number of hydrogen-bond donors (Lipinski definition) is 1. The SMILES string of the molecule is O=C(CN(c1ccc(Br)cc1)S(=O)(=O)c1ccccc1)Nc1ccc(F)c(F)c1. The predicted molar refractivity (Wildman–Crippen MR) is 110 cm³/mol. The molecule has 150 valence electrons. The first kappa shape index (κ1) is 20.9. The van der Waals surface area contributed by atoms with Crippen LogP contribution in [0.15, 0.2) is 82.2 Å². The van der Waals surface area contributed by atoms with Crippen LogP contribution in [0.2, 0.25) is 0 Å². The largest absolute Gasteiger partial charge is 0.324 e. The molecule has 9 heteroatoms. The number of nitrogens with zero attached hydrogens (tertiary/aromatic N) is 1. The van der Waals surface area contributed by atoms with Crippen molar-refractivity contribution in [2.45, 2.75) is 4.90 Å². The minimum absolute atomic E-state index is 0.0155. The van der Waals surface area contributed by atoms with Crippen molar-refractivity contribution >= 4 is 43.2 Å². The summed E-state index contributed by atoms with van der Waals surface area (Å²) in [5.74, 6) is -2.88. The maximum absolute atomic E-state index is 13.4. The third kappa shape index (κ3) is 4.99. The summed E-state index contributed by atoms with van der Waals surface area (Å²) < 4.78 is 54.4. The summed E-state index contributed by atoms with van der Waals surface area (Å²) >= 11 is 3.28. The summed E-state index contributed by atoms with van der Waals surface area (Å²) in [4.78, 5) is 12.5. The number of benzene rings is 3. The third-order valence-electron chi connectivity index (χ3n) is 3.94. The molecule has 0 saturated carbocycles. The fraction of sp³-hybridized carbons (Fsp3) is 0.0500. The van der Waals surface area contributed by atoms with Gasteiger partial charge in [0.1, 0.15) is 6.54 Å². The number of halogens is 3. The molecule has 0 spiro atoms. The Kier molecular flexibility index (Phi) is 6.29. The Labute approximate surface area is 175 Å². The van der Waals surface area contributed by atoms with E-state index in [-0.39, 0.29) is 16.3 Å². The first-order valence-corrected chi connectivity index (χ1v) is 10.6. The van der Waals surface area contributed by atoms with Crippen molar-refractivity contribution < 1.29 is 22.0 Å². The lowest BCUT2D eigenvalue weighted by Gasteiger charge is -2.24. The van der Waals surface area contributed by atoms with Gasteiger partial charge in [0.05, 0.1) is 10.6 Å². The fourth-order valence-electron chi connectivity index (χ4n) is 2.55. The highest BCUT2D eigenvalue weighted by molar-refractivity contribution is 9.10. The molecule has 3 aromatic carbocycles. The van der Waals surface area contributed by atoms with Crippen molar-refractivity contribution in [3.8, 4) is 0 Å². The number of carbonyl (C=O) groups is 1. The van der Waals surface area contributed by atoms with Gasteiger partial charge in [-0.2, -0.15) is 0 Å². The van der Waals surface area contributed by atoms with E-state index >= 15 is 0 Å². The summed E-state index contributed by atoms with van der Waals surface area (Å²) in [5.41, 5.74) is 0.291. The molecule has 3 rings (SSSR count). The van der Waals surface area contributed by atoms with E-state index in [4.69, 9.17) is 0 Å². The van der Waals surface area contributed by atoms with Gasteiger partial charge in [-0.05, 0) is 48.5 Å². The summed E-state index contributed by atoms with van der Waals surface area (Å²) in [6.45, 7) is -0.558. The molecule has 0 aliphatic rings. The minimum Gasteiger partial charge on any atom is -0.324 e. The van der Waals surface area contributed by atoms with Gasteiger partial charge in [-0.1, -0.05) is 34.1 Å². The average molecular weight is 481 g/mol. The minimum atomic E-state index is -4.05. The van der Waals surface area contributed by atoms with Crippen LogP contribution in [0.25, 0.3) is 0 Å². The van der Waals surface area contributed by atoms with Gasteiger partial charge < -0.3 is 5.32 Å². The van der Waals surface area contributed by atoms with Crippen LogP contribution in [0.1, 0.15) is 0 Å². The molecule has 1 N–H and O–H groups in total. The monoisotopic (exact) mass is 480 g/mol. The van der Waals surface area contributed by atoms with E-state index in [1.165, 1.54) is 18.2 Å². The van der Waals surface area contributed by atoms with Gasteiger partial charge >= 0.3 is 0 Å². The number of amides is 1. The van der Waals surface area contributed by atoms with Gasteiger partial charge in [0, 0.05) is 16.2 Å². The van der Waals surface area contributed by atoms with Gasteiger partial charge in [0.15, 0.2) is 11.6 Å². The van der Waals surface area contributed by atoms with Crippen molar-refractivity contribution in [1.29, 1.82) is 0 Å². The molecule has 0 bridgehead atoms. The van der Waals surface area contributed by atoms with Crippen molar-refractivity contribution in [3.05, 3.63) is 88.9 Å². The molecule has 0 aliphatic carbocycles. The second-order valence-corrected chi connectivity index (χ2v) is 8.76. The van der Waals surface area contributed by atoms with E-state index in [1.807, 2.05) is 0 Å². The van der Waals surface area contributed by atoms with Gasteiger partial charge in [0.25, 0.3) is 10.0 Å². The Morgan fingerprint density at radius 2 is 1.59 bits per heavy atom. The van der Waals surface area contributed by atoms with E-state index in [9.17, 15) is 22.0 Å². The van der Waals surface area contributed by atoms with Crippen LogP contribution in [-0.2, 0) is 14.8 Å². The molecular formula is C20H15BrF2N2O3S. The molecule has 5 nitrogen and oxygen atoms in total. The van der Waals surface area contributed by atoms with Crippen LogP contribution in [0.3, 0.4) is 0 Å². The lowest BCUT2D eigenvalue weighted by molar-refractivity contribution is -0.114. The molecule has 0 aromatic heterocycles. The van der Waals surface area contributed by atoms with Crippen LogP contribution >= 0.6 is 15.9 Å². The molecule has 1 amide bonds. The van der Waals surface area contributed by atoms with E-state index in [2.05, 4.69) is 21.2 Å². The van der Waals surface area contributed by atoms with Crippen molar-refractivity contribution in [2.24, 2.45) is 0 Å². The Morgan fingerprint density at radius 3 is 2.21 bits per heavy atom. The molecule has 0 heterocycles. The predicted octanol–water partition coefficient (Wildman–Crippen LogP) is 4.56. The van der Waals surface area contributed by atoms with E-state index in [1.54, 1.807) is 42.5 Å². The highest BCUT2D eigenvalue weighted by Crippen LogP contribution is 2.25. The molecule has 0 fully saturated rings. The quantitative estimate of drug-likeness (QED) is 0.562. The number of rotatable bonds is 6. The normalized spacial score (nSPS) is 11.1.